The molecule has 2 nitrogen and oxygen atoms in total. The van der Waals surface area contributed by atoms with Crippen molar-refractivity contribution in [1.29, 1.82) is 5.26 Å². The highest BCUT2D eigenvalue weighted by Gasteiger charge is 2.14. The first kappa shape index (κ1) is 12.1. The van der Waals surface area contributed by atoms with Gasteiger partial charge in [0, 0.05) is 14.3 Å². The molecule has 0 fully saturated rings. The van der Waals surface area contributed by atoms with E-state index in [4.69, 9.17) is 28.5 Å². The van der Waals surface area contributed by atoms with Crippen molar-refractivity contribution in [2.75, 3.05) is 0 Å². The zero-order chi connectivity index (χ0) is 11.9. The van der Waals surface area contributed by atoms with E-state index < -0.39 is 0 Å². The second kappa shape index (κ2) is 4.50. The van der Waals surface area contributed by atoms with Gasteiger partial charge in [-0.2, -0.15) is 5.26 Å². The lowest BCUT2D eigenvalue weighted by atomic mass is 10.2. The Kier molecular flexibility index (Phi) is 3.41. The standard InChI is InChI=1S/C10H2Br2Cl2N2/c11-4-1-5-8(13)6(3-15)10(14)16-9(5)7(12)2-4/h1-2H. The molecule has 0 spiro atoms. The van der Waals surface area contributed by atoms with Crippen LogP contribution in [0, 0.1) is 11.3 Å². The van der Waals surface area contributed by atoms with Crippen molar-refractivity contribution >= 4 is 66.0 Å². The molecule has 0 N–H and O–H groups in total. The van der Waals surface area contributed by atoms with E-state index in [0.29, 0.717) is 15.9 Å². The van der Waals surface area contributed by atoms with E-state index in [2.05, 4.69) is 36.8 Å². The van der Waals surface area contributed by atoms with Gasteiger partial charge in [0.1, 0.15) is 16.8 Å². The van der Waals surface area contributed by atoms with Crippen LogP contribution in [0.15, 0.2) is 21.1 Å². The lowest BCUT2D eigenvalue weighted by molar-refractivity contribution is 1.36. The van der Waals surface area contributed by atoms with E-state index in [1.54, 1.807) is 6.07 Å². The molecule has 1 heterocycles. The topological polar surface area (TPSA) is 36.7 Å². The summed E-state index contributed by atoms with van der Waals surface area (Å²) in [7, 11) is 0. The van der Waals surface area contributed by atoms with E-state index in [0.717, 1.165) is 8.95 Å². The Morgan fingerprint density at radius 2 is 1.94 bits per heavy atom. The SMILES string of the molecule is N#Cc1c(Cl)nc2c(Br)cc(Br)cc2c1Cl. The summed E-state index contributed by atoms with van der Waals surface area (Å²) >= 11 is 18.7. The molecule has 1 aromatic carbocycles. The fourth-order valence-electron chi connectivity index (χ4n) is 1.32. The van der Waals surface area contributed by atoms with Crippen LogP contribution in [-0.4, -0.2) is 4.98 Å². The first-order valence-corrected chi connectivity index (χ1v) is 6.42. The van der Waals surface area contributed by atoms with E-state index in [-0.39, 0.29) is 10.7 Å². The molecule has 0 saturated carbocycles. The number of pyridine rings is 1. The van der Waals surface area contributed by atoms with Crippen molar-refractivity contribution in [3.8, 4) is 6.07 Å². The molecular formula is C10H2Br2Cl2N2. The molecule has 0 aliphatic heterocycles. The van der Waals surface area contributed by atoms with Gasteiger partial charge in [0.05, 0.1) is 10.5 Å². The van der Waals surface area contributed by atoms with Crippen LogP contribution < -0.4 is 0 Å². The number of hydrogen-bond acceptors (Lipinski definition) is 2. The zero-order valence-electron chi connectivity index (χ0n) is 7.56. The van der Waals surface area contributed by atoms with Crippen molar-refractivity contribution in [3.05, 3.63) is 36.8 Å². The molecule has 1 aromatic heterocycles. The molecule has 0 amide bonds. The van der Waals surface area contributed by atoms with Gasteiger partial charge in [-0.1, -0.05) is 39.1 Å². The molecule has 0 saturated heterocycles. The Morgan fingerprint density at radius 3 is 2.56 bits per heavy atom. The maximum Gasteiger partial charge on any atom is 0.149 e. The zero-order valence-corrected chi connectivity index (χ0v) is 12.2. The van der Waals surface area contributed by atoms with Gasteiger partial charge in [-0.25, -0.2) is 4.98 Å². The van der Waals surface area contributed by atoms with Crippen LogP contribution in [0.5, 0.6) is 0 Å². The Bertz CT molecular complexity index is 635. The molecule has 0 aliphatic carbocycles. The van der Waals surface area contributed by atoms with Crippen molar-refractivity contribution in [3.63, 3.8) is 0 Å². The number of hydrogen-bond donors (Lipinski definition) is 0. The Labute approximate surface area is 118 Å². The van der Waals surface area contributed by atoms with Crippen molar-refractivity contribution in [2.24, 2.45) is 0 Å². The number of rotatable bonds is 0. The Balaban J connectivity index is 3.00. The predicted molar refractivity (Wildman–Crippen MR) is 71.9 cm³/mol. The number of nitrogens with zero attached hydrogens (tertiary/aromatic N) is 2. The minimum atomic E-state index is 0.114. The van der Waals surface area contributed by atoms with Crippen LogP contribution in [-0.2, 0) is 0 Å². The average molecular weight is 381 g/mol. The lowest BCUT2D eigenvalue weighted by Crippen LogP contribution is -1.89. The van der Waals surface area contributed by atoms with Crippen LogP contribution >= 0.6 is 55.1 Å². The second-order valence-corrected chi connectivity index (χ2v) is 5.49. The van der Waals surface area contributed by atoms with Gasteiger partial charge in [0.15, 0.2) is 0 Å². The largest absolute Gasteiger partial charge is 0.233 e. The minimum absolute atomic E-state index is 0.114. The van der Waals surface area contributed by atoms with E-state index >= 15 is 0 Å². The van der Waals surface area contributed by atoms with Gasteiger partial charge >= 0.3 is 0 Å². The first-order chi connectivity index (χ1) is 7.54. The second-order valence-electron chi connectivity index (χ2n) is 2.99. The summed E-state index contributed by atoms with van der Waals surface area (Å²) in [5.74, 6) is 0. The van der Waals surface area contributed by atoms with Gasteiger partial charge in [-0.3, -0.25) is 0 Å². The number of nitriles is 1. The van der Waals surface area contributed by atoms with Crippen LogP contribution in [0.4, 0.5) is 0 Å². The quantitative estimate of drug-likeness (QED) is 0.607. The highest BCUT2D eigenvalue weighted by molar-refractivity contribution is 9.11. The van der Waals surface area contributed by atoms with Crippen molar-refractivity contribution in [1.82, 2.24) is 4.98 Å². The van der Waals surface area contributed by atoms with Crippen molar-refractivity contribution in [2.45, 2.75) is 0 Å². The summed E-state index contributed by atoms with van der Waals surface area (Å²) in [4.78, 5) is 4.14. The number of aromatic nitrogens is 1. The highest BCUT2D eigenvalue weighted by Crippen LogP contribution is 2.35. The van der Waals surface area contributed by atoms with Crippen LogP contribution in [0.2, 0.25) is 10.2 Å². The maximum absolute atomic E-state index is 8.92. The normalized spacial score (nSPS) is 10.4. The summed E-state index contributed by atoms with van der Waals surface area (Å²) in [5.41, 5.74) is 0.832. The molecule has 0 bridgehead atoms. The Morgan fingerprint density at radius 1 is 1.25 bits per heavy atom. The van der Waals surface area contributed by atoms with E-state index in [1.807, 2.05) is 12.1 Å². The monoisotopic (exact) mass is 378 g/mol. The molecule has 2 aromatic rings. The van der Waals surface area contributed by atoms with Gasteiger partial charge in [0.25, 0.3) is 0 Å². The molecule has 2 rings (SSSR count). The fraction of sp³-hybridized carbons (Fsp3) is 0. The van der Waals surface area contributed by atoms with Crippen LogP contribution in [0.1, 0.15) is 5.56 Å². The smallest absolute Gasteiger partial charge is 0.149 e. The summed E-state index contributed by atoms with van der Waals surface area (Å²) in [6.45, 7) is 0. The summed E-state index contributed by atoms with van der Waals surface area (Å²) < 4.78 is 1.62. The van der Waals surface area contributed by atoms with Crippen molar-refractivity contribution < 1.29 is 0 Å². The fourth-order valence-corrected chi connectivity index (χ4v) is 3.18. The summed E-state index contributed by atoms with van der Waals surface area (Å²) in [6.07, 6.45) is 0. The third-order valence-corrected chi connectivity index (χ3v) is 3.74. The van der Waals surface area contributed by atoms with Gasteiger partial charge in [0.2, 0.25) is 0 Å². The number of fused-ring (bicyclic) bond motifs is 1. The predicted octanol–water partition coefficient (Wildman–Crippen LogP) is 4.94. The maximum atomic E-state index is 8.92. The molecule has 0 unspecified atom stereocenters. The summed E-state index contributed by atoms with van der Waals surface area (Å²) in [6, 6.07) is 5.58. The van der Waals surface area contributed by atoms with Gasteiger partial charge < -0.3 is 0 Å². The molecule has 0 aliphatic rings. The molecule has 0 atom stereocenters. The molecule has 0 radical (unpaired) electrons. The number of benzene rings is 1. The Hall–Kier alpha value is -0.340. The molecular weight excluding hydrogens is 379 g/mol. The average Bonchev–Trinajstić information content (AvgIpc) is 2.21. The third kappa shape index (κ3) is 1.93. The molecule has 6 heteroatoms. The minimum Gasteiger partial charge on any atom is -0.233 e. The van der Waals surface area contributed by atoms with Crippen LogP contribution in [0.3, 0.4) is 0 Å². The third-order valence-electron chi connectivity index (χ3n) is 2.01. The summed E-state index contributed by atoms with van der Waals surface area (Å²) in [5, 5.41) is 10.0. The van der Waals surface area contributed by atoms with Gasteiger partial charge in [-0.15, -0.1) is 0 Å². The highest BCUT2D eigenvalue weighted by atomic mass is 79.9. The van der Waals surface area contributed by atoms with E-state index in [9.17, 15) is 0 Å². The lowest BCUT2D eigenvalue weighted by Gasteiger charge is -2.06. The molecule has 16 heavy (non-hydrogen) atoms. The van der Waals surface area contributed by atoms with Gasteiger partial charge in [-0.05, 0) is 28.1 Å². The first-order valence-electron chi connectivity index (χ1n) is 4.08. The van der Waals surface area contributed by atoms with E-state index in [1.165, 1.54) is 0 Å². The molecule has 80 valence electrons. The van der Waals surface area contributed by atoms with Crippen LogP contribution in [0.25, 0.3) is 10.9 Å². The number of halogens is 4.